The predicted molar refractivity (Wildman–Crippen MR) is 51.7 cm³/mol. The Bertz CT molecular complexity index is 156. The third-order valence-corrected chi connectivity index (χ3v) is 2.85. The smallest absolute Gasteiger partial charge is 0.0679 e. The summed E-state index contributed by atoms with van der Waals surface area (Å²) in [5.41, 5.74) is 0. The second-order valence-electron chi connectivity index (χ2n) is 4.06. The molecule has 0 aromatic rings. The van der Waals surface area contributed by atoms with Gasteiger partial charge in [-0.15, -0.1) is 0 Å². The van der Waals surface area contributed by atoms with Crippen LogP contribution in [0.1, 0.15) is 6.42 Å². The van der Waals surface area contributed by atoms with E-state index in [2.05, 4.69) is 15.5 Å². The molecule has 2 saturated heterocycles. The van der Waals surface area contributed by atoms with Gasteiger partial charge in [0.15, 0.2) is 0 Å². The zero-order chi connectivity index (χ0) is 9.10. The third kappa shape index (κ3) is 2.64. The standard InChI is InChI=1S/C9H19N3O/c13-9-1-4-12(7-9)6-8-5-10-2-3-11-8/h8-11,13H,1-7H2/t8?,9-/m0/s1. The molecule has 0 radical (unpaired) electrons. The molecule has 2 aliphatic rings. The number of hydrogen-bond acceptors (Lipinski definition) is 4. The maximum absolute atomic E-state index is 9.35. The summed E-state index contributed by atoms with van der Waals surface area (Å²) in [6, 6.07) is 0.569. The van der Waals surface area contributed by atoms with Gasteiger partial charge in [-0.25, -0.2) is 0 Å². The topological polar surface area (TPSA) is 47.5 Å². The van der Waals surface area contributed by atoms with Crippen LogP contribution >= 0.6 is 0 Å². The van der Waals surface area contributed by atoms with Crippen molar-refractivity contribution < 1.29 is 5.11 Å². The molecule has 2 heterocycles. The van der Waals surface area contributed by atoms with Crippen LogP contribution in [-0.4, -0.2) is 61.4 Å². The molecule has 2 atom stereocenters. The van der Waals surface area contributed by atoms with Gasteiger partial charge in [0, 0.05) is 45.3 Å². The van der Waals surface area contributed by atoms with E-state index in [9.17, 15) is 5.11 Å². The van der Waals surface area contributed by atoms with E-state index in [0.29, 0.717) is 6.04 Å². The molecule has 0 bridgehead atoms. The molecule has 0 amide bonds. The quantitative estimate of drug-likeness (QED) is 0.496. The molecule has 0 spiro atoms. The SMILES string of the molecule is O[C@H]1CCN(CC2CNCCN2)C1. The highest BCUT2D eigenvalue weighted by Gasteiger charge is 2.23. The van der Waals surface area contributed by atoms with Gasteiger partial charge in [-0.2, -0.15) is 0 Å². The molecule has 1 unspecified atom stereocenters. The number of piperazine rings is 1. The maximum Gasteiger partial charge on any atom is 0.0679 e. The van der Waals surface area contributed by atoms with Gasteiger partial charge in [0.25, 0.3) is 0 Å². The summed E-state index contributed by atoms with van der Waals surface area (Å²) in [4.78, 5) is 2.34. The Balaban J connectivity index is 1.71. The molecular formula is C9H19N3O. The number of nitrogens with one attached hydrogen (secondary N) is 2. The van der Waals surface area contributed by atoms with Gasteiger partial charge in [0.1, 0.15) is 0 Å². The van der Waals surface area contributed by atoms with E-state index in [0.717, 1.165) is 45.7 Å². The Hall–Kier alpha value is -0.160. The fraction of sp³-hybridized carbons (Fsp3) is 1.00. The predicted octanol–water partition coefficient (Wildman–Crippen LogP) is -1.39. The van der Waals surface area contributed by atoms with Crippen LogP contribution in [0.2, 0.25) is 0 Å². The van der Waals surface area contributed by atoms with E-state index in [1.54, 1.807) is 0 Å². The van der Waals surface area contributed by atoms with E-state index in [-0.39, 0.29) is 6.10 Å². The number of nitrogens with zero attached hydrogens (tertiary/aromatic N) is 1. The van der Waals surface area contributed by atoms with E-state index >= 15 is 0 Å². The zero-order valence-corrected chi connectivity index (χ0v) is 8.00. The lowest BCUT2D eigenvalue weighted by molar-refractivity contribution is 0.170. The minimum Gasteiger partial charge on any atom is -0.392 e. The summed E-state index contributed by atoms with van der Waals surface area (Å²) < 4.78 is 0. The molecule has 13 heavy (non-hydrogen) atoms. The van der Waals surface area contributed by atoms with Crippen LogP contribution in [0.15, 0.2) is 0 Å². The van der Waals surface area contributed by atoms with Crippen LogP contribution in [0.4, 0.5) is 0 Å². The van der Waals surface area contributed by atoms with Gasteiger partial charge in [0.2, 0.25) is 0 Å². The first-order valence-corrected chi connectivity index (χ1v) is 5.19. The Labute approximate surface area is 79.3 Å². The van der Waals surface area contributed by atoms with E-state index in [1.165, 1.54) is 0 Å². The summed E-state index contributed by atoms with van der Waals surface area (Å²) in [6.07, 6.45) is 0.858. The van der Waals surface area contributed by atoms with E-state index in [4.69, 9.17) is 0 Å². The highest BCUT2D eigenvalue weighted by molar-refractivity contribution is 4.82. The molecule has 0 aliphatic carbocycles. The van der Waals surface area contributed by atoms with Crippen LogP contribution < -0.4 is 10.6 Å². The van der Waals surface area contributed by atoms with Crippen molar-refractivity contribution in [3.63, 3.8) is 0 Å². The van der Waals surface area contributed by atoms with Crippen molar-refractivity contribution in [1.29, 1.82) is 0 Å². The van der Waals surface area contributed by atoms with Crippen molar-refractivity contribution in [3.05, 3.63) is 0 Å². The highest BCUT2D eigenvalue weighted by Crippen LogP contribution is 2.08. The summed E-state index contributed by atoms with van der Waals surface area (Å²) in [5.74, 6) is 0. The van der Waals surface area contributed by atoms with Gasteiger partial charge in [-0.05, 0) is 6.42 Å². The molecule has 3 N–H and O–H groups in total. The minimum absolute atomic E-state index is 0.0865. The van der Waals surface area contributed by atoms with Crippen molar-refractivity contribution in [2.45, 2.75) is 18.6 Å². The van der Waals surface area contributed by atoms with E-state index in [1.807, 2.05) is 0 Å². The van der Waals surface area contributed by atoms with Crippen molar-refractivity contribution in [3.8, 4) is 0 Å². The monoisotopic (exact) mass is 185 g/mol. The molecule has 2 rings (SSSR count). The van der Waals surface area contributed by atoms with Gasteiger partial charge in [-0.1, -0.05) is 0 Å². The number of hydrogen-bond donors (Lipinski definition) is 3. The Morgan fingerprint density at radius 1 is 1.38 bits per heavy atom. The Morgan fingerprint density at radius 3 is 2.92 bits per heavy atom. The van der Waals surface area contributed by atoms with Crippen LogP contribution in [-0.2, 0) is 0 Å². The molecule has 4 heteroatoms. The first-order valence-electron chi connectivity index (χ1n) is 5.19. The maximum atomic E-state index is 9.35. The van der Waals surface area contributed by atoms with Crippen LogP contribution in [0.5, 0.6) is 0 Å². The molecule has 4 nitrogen and oxygen atoms in total. The largest absolute Gasteiger partial charge is 0.392 e. The number of aliphatic hydroxyl groups excluding tert-OH is 1. The molecule has 76 valence electrons. The lowest BCUT2D eigenvalue weighted by Crippen LogP contribution is -2.53. The van der Waals surface area contributed by atoms with Gasteiger partial charge in [-0.3, -0.25) is 4.90 Å². The summed E-state index contributed by atoms with van der Waals surface area (Å²) in [7, 11) is 0. The van der Waals surface area contributed by atoms with Crippen molar-refractivity contribution in [2.24, 2.45) is 0 Å². The van der Waals surface area contributed by atoms with Crippen LogP contribution in [0, 0.1) is 0 Å². The molecule has 2 fully saturated rings. The lowest BCUT2D eigenvalue weighted by atomic mass is 10.2. The Morgan fingerprint density at radius 2 is 2.31 bits per heavy atom. The molecule has 2 aliphatic heterocycles. The summed E-state index contributed by atoms with van der Waals surface area (Å²) in [5, 5.41) is 16.2. The second kappa shape index (κ2) is 4.37. The van der Waals surface area contributed by atoms with Gasteiger partial charge >= 0.3 is 0 Å². The minimum atomic E-state index is -0.0865. The second-order valence-corrected chi connectivity index (χ2v) is 4.06. The lowest BCUT2D eigenvalue weighted by Gasteiger charge is -2.28. The van der Waals surface area contributed by atoms with Crippen LogP contribution in [0.3, 0.4) is 0 Å². The molecule has 0 saturated carbocycles. The van der Waals surface area contributed by atoms with Crippen molar-refractivity contribution >= 4 is 0 Å². The first-order chi connectivity index (χ1) is 6.34. The fourth-order valence-electron chi connectivity index (χ4n) is 2.13. The number of β-amino-alcohol motifs (C(OH)–C–C–N with tert-alkyl or cyclic N) is 1. The van der Waals surface area contributed by atoms with Crippen LogP contribution in [0.25, 0.3) is 0 Å². The van der Waals surface area contributed by atoms with Crippen molar-refractivity contribution in [2.75, 3.05) is 39.3 Å². The number of rotatable bonds is 2. The average molecular weight is 185 g/mol. The molecule has 0 aromatic heterocycles. The normalized spacial score (nSPS) is 36.7. The third-order valence-electron chi connectivity index (χ3n) is 2.85. The molecule has 0 aromatic carbocycles. The van der Waals surface area contributed by atoms with Crippen molar-refractivity contribution in [1.82, 2.24) is 15.5 Å². The number of likely N-dealkylation sites (tertiary alicyclic amines) is 1. The average Bonchev–Trinajstić information content (AvgIpc) is 2.53. The summed E-state index contributed by atoms with van der Waals surface area (Å²) >= 11 is 0. The van der Waals surface area contributed by atoms with Gasteiger partial charge < -0.3 is 15.7 Å². The number of aliphatic hydroxyl groups is 1. The zero-order valence-electron chi connectivity index (χ0n) is 8.00. The first kappa shape index (κ1) is 9.40. The molecular weight excluding hydrogens is 166 g/mol. The highest BCUT2D eigenvalue weighted by atomic mass is 16.3. The van der Waals surface area contributed by atoms with Gasteiger partial charge in [0.05, 0.1) is 6.10 Å². The Kier molecular flexibility index (Phi) is 3.16. The fourth-order valence-corrected chi connectivity index (χ4v) is 2.13. The van der Waals surface area contributed by atoms with E-state index < -0.39 is 0 Å². The summed E-state index contributed by atoms with van der Waals surface area (Å²) in [6.45, 7) is 6.20.